The summed E-state index contributed by atoms with van der Waals surface area (Å²) in [6.07, 6.45) is 3.21. The molecule has 3 rings (SSSR count). The smallest absolute Gasteiger partial charge is 0.410 e. The van der Waals surface area contributed by atoms with Crippen LogP contribution in [0.1, 0.15) is 33.6 Å². The van der Waals surface area contributed by atoms with E-state index < -0.39 is 15.4 Å². The number of amides is 1. The quantitative estimate of drug-likeness (QED) is 0.659. The van der Waals surface area contributed by atoms with E-state index in [0.717, 1.165) is 6.26 Å². The standard InChI is InChI=1S/C22H27ClN2O6S/c1-22(2,3)31-21(27)24-11-9-16(10-12-24)30-19-13-20(26)25(14-18(19)23)15-5-7-17(8-6-15)32(4,28)29/h5-8,13-14,16H,9-12H2,1-4H3. The molecule has 0 radical (unpaired) electrons. The first kappa shape index (κ1) is 24.1. The molecule has 1 aromatic carbocycles. The van der Waals surface area contributed by atoms with E-state index in [-0.39, 0.29) is 33.4 Å². The number of likely N-dealkylation sites (tertiary alicyclic amines) is 1. The summed E-state index contributed by atoms with van der Waals surface area (Å²) in [5.74, 6) is 0.274. The van der Waals surface area contributed by atoms with E-state index in [9.17, 15) is 18.0 Å². The van der Waals surface area contributed by atoms with Gasteiger partial charge in [-0.05, 0) is 45.0 Å². The lowest BCUT2D eigenvalue weighted by atomic mass is 10.1. The van der Waals surface area contributed by atoms with Gasteiger partial charge in [-0.3, -0.25) is 9.36 Å². The number of rotatable bonds is 4. The Morgan fingerprint density at radius 1 is 1.12 bits per heavy atom. The van der Waals surface area contributed by atoms with Crippen LogP contribution in [0.5, 0.6) is 5.75 Å². The van der Waals surface area contributed by atoms with E-state index >= 15 is 0 Å². The van der Waals surface area contributed by atoms with E-state index in [1.807, 2.05) is 20.8 Å². The average Bonchev–Trinajstić information content (AvgIpc) is 2.69. The van der Waals surface area contributed by atoms with E-state index in [1.54, 1.807) is 17.0 Å². The van der Waals surface area contributed by atoms with Crippen molar-refractivity contribution < 1.29 is 22.7 Å². The summed E-state index contributed by atoms with van der Waals surface area (Å²) >= 11 is 6.36. The number of aromatic nitrogens is 1. The number of hydrogen-bond acceptors (Lipinski definition) is 6. The molecule has 32 heavy (non-hydrogen) atoms. The van der Waals surface area contributed by atoms with Crippen molar-refractivity contribution >= 4 is 27.5 Å². The fourth-order valence-electron chi connectivity index (χ4n) is 3.30. The Morgan fingerprint density at radius 2 is 1.72 bits per heavy atom. The summed E-state index contributed by atoms with van der Waals surface area (Å²) in [5.41, 5.74) is -0.420. The molecule has 1 fully saturated rings. The lowest BCUT2D eigenvalue weighted by molar-refractivity contribution is 0.0126. The Labute approximate surface area is 192 Å². The number of hydrogen-bond donors (Lipinski definition) is 0. The van der Waals surface area contributed by atoms with Gasteiger partial charge in [-0.1, -0.05) is 11.6 Å². The molecule has 1 aromatic heterocycles. The topological polar surface area (TPSA) is 94.9 Å². The predicted molar refractivity (Wildman–Crippen MR) is 122 cm³/mol. The summed E-state index contributed by atoms with van der Waals surface area (Å²) in [6, 6.07) is 7.27. The maximum atomic E-state index is 12.6. The van der Waals surface area contributed by atoms with Crippen LogP contribution in [0.3, 0.4) is 0 Å². The molecule has 1 saturated heterocycles. The molecular weight excluding hydrogens is 456 g/mol. The van der Waals surface area contributed by atoms with Crippen LogP contribution >= 0.6 is 11.6 Å². The van der Waals surface area contributed by atoms with Crippen LogP contribution in [0.25, 0.3) is 5.69 Å². The van der Waals surface area contributed by atoms with E-state index in [0.29, 0.717) is 31.6 Å². The van der Waals surface area contributed by atoms with Gasteiger partial charge in [0.15, 0.2) is 9.84 Å². The molecule has 8 nitrogen and oxygen atoms in total. The molecule has 1 aliphatic rings. The molecule has 1 amide bonds. The Kier molecular flexibility index (Phi) is 6.90. The number of halogens is 1. The third kappa shape index (κ3) is 6.04. The van der Waals surface area contributed by atoms with Crippen LogP contribution < -0.4 is 10.3 Å². The number of carbonyl (C=O) groups excluding carboxylic acids is 1. The minimum Gasteiger partial charge on any atom is -0.488 e. The van der Waals surface area contributed by atoms with Crippen LogP contribution in [0.4, 0.5) is 4.79 Å². The Balaban J connectivity index is 1.68. The fourth-order valence-corrected chi connectivity index (χ4v) is 4.13. The highest BCUT2D eigenvalue weighted by Gasteiger charge is 2.28. The summed E-state index contributed by atoms with van der Waals surface area (Å²) < 4.78 is 35.9. The molecule has 0 atom stereocenters. The van der Waals surface area contributed by atoms with Gasteiger partial charge in [0, 0.05) is 50.1 Å². The van der Waals surface area contributed by atoms with Gasteiger partial charge in [-0.25, -0.2) is 13.2 Å². The molecule has 2 heterocycles. The van der Waals surface area contributed by atoms with Gasteiger partial charge in [0.2, 0.25) is 0 Å². The van der Waals surface area contributed by atoms with Crippen molar-refractivity contribution in [2.45, 2.75) is 50.2 Å². The highest BCUT2D eigenvalue weighted by Crippen LogP contribution is 2.27. The second kappa shape index (κ2) is 9.15. The van der Waals surface area contributed by atoms with Crippen LogP contribution in [0.15, 0.2) is 46.2 Å². The minimum atomic E-state index is -3.33. The normalized spacial score (nSPS) is 15.5. The van der Waals surface area contributed by atoms with Crippen molar-refractivity contribution in [1.82, 2.24) is 9.47 Å². The monoisotopic (exact) mass is 482 g/mol. The first-order valence-electron chi connectivity index (χ1n) is 10.2. The molecule has 0 unspecified atom stereocenters. The average molecular weight is 483 g/mol. The number of benzene rings is 1. The Bertz CT molecular complexity index is 1140. The molecule has 174 valence electrons. The Morgan fingerprint density at radius 3 is 2.25 bits per heavy atom. The second-order valence-corrected chi connectivity index (χ2v) is 11.2. The summed E-state index contributed by atoms with van der Waals surface area (Å²) in [4.78, 5) is 26.6. The number of sulfone groups is 1. The summed E-state index contributed by atoms with van der Waals surface area (Å²) in [6.45, 7) is 6.45. The van der Waals surface area contributed by atoms with Crippen molar-refractivity contribution in [2.24, 2.45) is 0 Å². The number of pyridine rings is 1. The SMILES string of the molecule is CC(C)(C)OC(=O)N1CCC(Oc2cc(=O)n(-c3ccc(S(C)(=O)=O)cc3)cc2Cl)CC1. The Hall–Kier alpha value is -2.52. The number of ether oxygens (including phenoxy) is 2. The van der Waals surface area contributed by atoms with Crippen molar-refractivity contribution in [3.8, 4) is 11.4 Å². The van der Waals surface area contributed by atoms with Gasteiger partial charge in [0.1, 0.15) is 17.5 Å². The molecule has 1 aliphatic heterocycles. The van der Waals surface area contributed by atoms with E-state index in [1.165, 1.54) is 29.0 Å². The van der Waals surface area contributed by atoms with Crippen molar-refractivity contribution in [2.75, 3.05) is 19.3 Å². The zero-order valence-electron chi connectivity index (χ0n) is 18.5. The van der Waals surface area contributed by atoms with Crippen LogP contribution in [-0.4, -0.2) is 55.0 Å². The first-order valence-corrected chi connectivity index (χ1v) is 12.5. The van der Waals surface area contributed by atoms with E-state index in [4.69, 9.17) is 21.1 Å². The van der Waals surface area contributed by atoms with Crippen molar-refractivity contribution in [3.05, 3.63) is 51.9 Å². The molecule has 2 aromatic rings. The van der Waals surface area contributed by atoms with Gasteiger partial charge >= 0.3 is 6.09 Å². The predicted octanol–water partition coefficient (Wildman–Crippen LogP) is 3.67. The molecule has 0 spiro atoms. The maximum absolute atomic E-state index is 12.6. The molecule has 0 N–H and O–H groups in total. The number of nitrogens with zero attached hydrogens (tertiary/aromatic N) is 2. The second-order valence-electron chi connectivity index (χ2n) is 8.74. The van der Waals surface area contributed by atoms with Gasteiger partial charge in [0.05, 0.1) is 9.92 Å². The lowest BCUT2D eigenvalue weighted by Gasteiger charge is -2.33. The third-order valence-corrected chi connectivity index (χ3v) is 6.31. The van der Waals surface area contributed by atoms with E-state index in [2.05, 4.69) is 0 Å². The number of carbonyl (C=O) groups is 1. The molecule has 0 bridgehead atoms. The highest BCUT2D eigenvalue weighted by molar-refractivity contribution is 7.90. The molecular formula is C22H27ClN2O6S. The summed E-state index contributed by atoms with van der Waals surface area (Å²) in [5, 5.41) is 0.256. The van der Waals surface area contributed by atoms with Gasteiger partial charge in [0.25, 0.3) is 5.56 Å². The van der Waals surface area contributed by atoms with Crippen molar-refractivity contribution in [1.29, 1.82) is 0 Å². The maximum Gasteiger partial charge on any atom is 0.410 e. The summed E-state index contributed by atoms with van der Waals surface area (Å²) in [7, 11) is -3.33. The zero-order valence-corrected chi connectivity index (χ0v) is 20.1. The first-order chi connectivity index (χ1) is 14.8. The van der Waals surface area contributed by atoms with Crippen LogP contribution in [0.2, 0.25) is 5.02 Å². The lowest BCUT2D eigenvalue weighted by Crippen LogP contribution is -2.44. The minimum absolute atomic E-state index is 0.165. The fraction of sp³-hybridized carbons (Fsp3) is 0.455. The van der Waals surface area contributed by atoms with Gasteiger partial charge in [-0.2, -0.15) is 0 Å². The zero-order chi connectivity index (χ0) is 23.7. The van der Waals surface area contributed by atoms with Gasteiger partial charge < -0.3 is 14.4 Å². The third-order valence-electron chi connectivity index (χ3n) is 4.90. The highest BCUT2D eigenvalue weighted by atomic mass is 35.5. The van der Waals surface area contributed by atoms with Crippen molar-refractivity contribution in [3.63, 3.8) is 0 Å². The van der Waals surface area contributed by atoms with Crippen LogP contribution in [-0.2, 0) is 14.6 Å². The molecule has 0 aliphatic carbocycles. The molecule has 10 heteroatoms. The van der Waals surface area contributed by atoms with Gasteiger partial charge in [-0.15, -0.1) is 0 Å². The molecule has 0 saturated carbocycles. The largest absolute Gasteiger partial charge is 0.488 e. The number of piperidine rings is 1. The van der Waals surface area contributed by atoms with Crippen LogP contribution in [0, 0.1) is 0 Å².